The molecule has 3 heteroatoms. The van der Waals surface area contributed by atoms with Crippen molar-refractivity contribution >= 4 is 5.97 Å². The van der Waals surface area contributed by atoms with Crippen LogP contribution < -0.4 is 0 Å². The number of unbranched alkanes of at least 4 members (excludes halogenated alkanes) is 8. The van der Waals surface area contributed by atoms with E-state index in [1.807, 2.05) is 6.08 Å². The predicted molar refractivity (Wildman–Crippen MR) is 91.7 cm³/mol. The molecule has 22 heavy (non-hydrogen) atoms. The molecule has 0 saturated heterocycles. The lowest BCUT2D eigenvalue weighted by Crippen LogP contribution is -1.99. The smallest absolute Gasteiger partial charge is 0.305 e. The highest BCUT2D eigenvalue weighted by molar-refractivity contribution is 5.68. The molecule has 1 unspecified atom stereocenters. The lowest BCUT2D eigenvalue weighted by molar-refractivity contribution is -0.140. The summed E-state index contributed by atoms with van der Waals surface area (Å²) in [7, 11) is 1.43. The molecular formula is C19H35FO2. The number of carbonyl (C=O) groups is 1. The first-order chi connectivity index (χ1) is 10.7. The van der Waals surface area contributed by atoms with Crippen LogP contribution >= 0.6 is 0 Å². The fraction of sp³-hybridized carbons (Fsp3) is 0.842. The number of esters is 1. The van der Waals surface area contributed by atoms with E-state index in [-0.39, 0.29) is 5.97 Å². The van der Waals surface area contributed by atoms with Crippen molar-refractivity contribution in [2.75, 3.05) is 7.11 Å². The van der Waals surface area contributed by atoms with Crippen molar-refractivity contribution in [2.24, 2.45) is 0 Å². The van der Waals surface area contributed by atoms with Crippen molar-refractivity contribution in [3.63, 3.8) is 0 Å². The summed E-state index contributed by atoms with van der Waals surface area (Å²) in [5, 5.41) is 0. The largest absolute Gasteiger partial charge is 0.469 e. The minimum atomic E-state index is -0.661. The van der Waals surface area contributed by atoms with Crippen LogP contribution in [0, 0.1) is 0 Å². The first-order valence-corrected chi connectivity index (χ1v) is 9.06. The van der Waals surface area contributed by atoms with Gasteiger partial charge in [0, 0.05) is 6.42 Å². The van der Waals surface area contributed by atoms with Gasteiger partial charge in [0.1, 0.15) is 6.17 Å². The fourth-order valence-corrected chi connectivity index (χ4v) is 2.44. The van der Waals surface area contributed by atoms with Crippen LogP contribution in [0.25, 0.3) is 0 Å². The van der Waals surface area contributed by atoms with Gasteiger partial charge in [0.15, 0.2) is 0 Å². The molecule has 0 aliphatic heterocycles. The van der Waals surface area contributed by atoms with Crippen LogP contribution in [-0.2, 0) is 9.53 Å². The molecule has 0 heterocycles. The van der Waals surface area contributed by atoms with Crippen molar-refractivity contribution in [3.05, 3.63) is 12.2 Å². The number of hydrogen-bond acceptors (Lipinski definition) is 2. The minimum absolute atomic E-state index is 0.113. The molecule has 0 fully saturated rings. The topological polar surface area (TPSA) is 26.3 Å². The number of allylic oxidation sites excluding steroid dienone is 2. The summed E-state index contributed by atoms with van der Waals surface area (Å²) in [6.07, 6.45) is 16.4. The van der Waals surface area contributed by atoms with Gasteiger partial charge in [-0.1, -0.05) is 64.0 Å². The van der Waals surface area contributed by atoms with Crippen molar-refractivity contribution in [1.82, 2.24) is 0 Å². The highest BCUT2D eigenvalue weighted by Crippen LogP contribution is 2.12. The van der Waals surface area contributed by atoms with Gasteiger partial charge in [-0.25, -0.2) is 4.39 Å². The Morgan fingerprint density at radius 3 is 2.41 bits per heavy atom. The molecule has 2 nitrogen and oxygen atoms in total. The van der Waals surface area contributed by atoms with Gasteiger partial charge in [-0.2, -0.15) is 0 Å². The van der Waals surface area contributed by atoms with Crippen molar-refractivity contribution in [2.45, 2.75) is 96.6 Å². The normalized spacial score (nSPS) is 12.7. The van der Waals surface area contributed by atoms with E-state index in [4.69, 9.17) is 0 Å². The SMILES string of the molecule is CCCCCCC(F)C/C=C\CCCCCCCC(=O)OC. The zero-order valence-electron chi connectivity index (χ0n) is 14.6. The van der Waals surface area contributed by atoms with E-state index < -0.39 is 6.17 Å². The maximum absolute atomic E-state index is 13.6. The number of halogens is 1. The molecule has 0 aliphatic rings. The van der Waals surface area contributed by atoms with Gasteiger partial charge in [-0.15, -0.1) is 0 Å². The monoisotopic (exact) mass is 314 g/mol. The van der Waals surface area contributed by atoms with Crippen LogP contribution in [0.15, 0.2) is 12.2 Å². The van der Waals surface area contributed by atoms with E-state index in [0.717, 1.165) is 44.9 Å². The lowest BCUT2D eigenvalue weighted by Gasteiger charge is -2.04. The van der Waals surface area contributed by atoms with Gasteiger partial charge in [0.2, 0.25) is 0 Å². The Hall–Kier alpha value is -0.860. The number of methoxy groups -OCH3 is 1. The molecule has 0 aromatic rings. The van der Waals surface area contributed by atoms with E-state index in [2.05, 4.69) is 17.7 Å². The molecule has 0 rings (SSSR count). The fourth-order valence-electron chi connectivity index (χ4n) is 2.44. The molecule has 0 spiro atoms. The van der Waals surface area contributed by atoms with Crippen molar-refractivity contribution in [3.8, 4) is 0 Å². The molecular weight excluding hydrogens is 279 g/mol. The molecule has 0 radical (unpaired) electrons. The average Bonchev–Trinajstić information content (AvgIpc) is 2.53. The number of hydrogen-bond donors (Lipinski definition) is 0. The highest BCUT2D eigenvalue weighted by Gasteiger charge is 2.03. The van der Waals surface area contributed by atoms with Crippen LogP contribution in [0.3, 0.4) is 0 Å². The van der Waals surface area contributed by atoms with E-state index in [0.29, 0.717) is 19.3 Å². The van der Waals surface area contributed by atoms with E-state index >= 15 is 0 Å². The van der Waals surface area contributed by atoms with E-state index in [9.17, 15) is 9.18 Å². The zero-order valence-corrected chi connectivity index (χ0v) is 14.6. The second-order valence-corrected chi connectivity index (χ2v) is 6.04. The highest BCUT2D eigenvalue weighted by atomic mass is 19.1. The predicted octanol–water partition coefficient (Wildman–Crippen LogP) is 6.14. The van der Waals surface area contributed by atoms with Crippen LogP contribution in [0.4, 0.5) is 4.39 Å². The van der Waals surface area contributed by atoms with Crippen LogP contribution in [0.1, 0.15) is 90.4 Å². The molecule has 130 valence electrons. The van der Waals surface area contributed by atoms with Gasteiger partial charge < -0.3 is 4.74 Å². The lowest BCUT2D eigenvalue weighted by atomic mass is 10.1. The molecule has 0 amide bonds. The van der Waals surface area contributed by atoms with Crippen molar-refractivity contribution in [1.29, 1.82) is 0 Å². The number of ether oxygens (including phenoxy) is 1. The first kappa shape index (κ1) is 21.1. The van der Waals surface area contributed by atoms with Gasteiger partial charge in [-0.3, -0.25) is 4.79 Å². The minimum Gasteiger partial charge on any atom is -0.469 e. The maximum atomic E-state index is 13.6. The second-order valence-electron chi connectivity index (χ2n) is 6.04. The molecule has 0 aromatic carbocycles. The third-order valence-corrected chi connectivity index (χ3v) is 3.91. The second kappa shape index (κ2) is 16.5. The average molecular weight is 314 g/mol. The molecule has 0 aliphatic carbocycles. The molecule has 0 N–H and O–H groups in total. The van der Waals surface area contributed by atoms with Gasteiger partial charge in [0.05, 0.1) is 7.11 Å². The standard InChI is InChI=1S/C19H35FO2/c1-3-4-5-12-15-18(20)16-13-10-8-6-7-9-11-14-17-19(21)22-2/h10,13,18H,3-9,11-12,14-17H2,1-2H3/b13-10-. The quantitative estimate of drug-likeness (QED) is 0.206. The first-order valence-electron chi connectivity index (χ1n) is 9.06. The van der Waals surface area contributed by atoms with E-state index in [1.54, 1.807) is 0 Å². The third-order valence-electron chi connectivity index (χ3n) is 3.91. The number of rotatable bonds is 15. The molecule has 1 atom stereocenters. The van der Waals surface area contributed by atoms with Crippen LogP contribution in [-0.4, -0.2) is 19.3 Å². The van der Waals surface area contributed by atoms with E-state index in [1.165, 1.54) is 26.4 Å². The van der Waals surface area contributed by atoms with Gasteiger partial charge in [0.25, 0.3) is 0 Å². The Morgan fingerprint density at radius 1 is 1.00 bits per heavy atom. The van der Waals surface area contributed by atoms with Crippen LogP contribution in [0.2, 0.25) is 0 Å². The summed E-state index contributed by atoms with van der Waals surface area (Å²) in [5.74, 6) is -0.113. The van der Waals surface area contributed by atoms with Crippen LogP contribution in [0.5, 0.6) is 0 Å². The summed E-state index contributed by atoms with van der Waals surface area (Å²) < 4.78 is 18.1. The Balaban J connectivity index is 3.28. The third kappa shape index (κ3) is 15.5. The number of alkyl halides is 1. The van der Waals surface area contributed by atoms with Crippen molar-refractivity contribution < 1.29 is 13.9 Å². The Labute approximate surface area is 136 Å². The summed E-state index contributed by atoms with van der Waals surface area (Å²) in [6, 6.07) is 0. The Kier molecular flexibility index (Phi) is 15.9. The van der Waals surface area contributed by atoms with Gasteiger partial charge >= 0.3 is 5.97 Å². The molecule has 0 aromatic heterocycles. The molecule has 0 saturated carbocycles. The van der Waals surface area contributed by atoms with Gasteiger partial charge in [-0.05, 0) is 32.1 Å². The summed E-state index contributed by atoms with van der Waals surface area (Å²) in [4.78, 5) is 10.9. The Morgan fingerprint density at radius 2 is 1.68 bits per heavy atom. The summed E-state index contributed by atoms with van der Waals surface area (Å²) in [6.45, 7) is 2.18. The number of carbonyl (C=O) groups excluding carboxylic acids is 1. The Bertz CT molecular complexity index is 277. The zero-order chi connectivity index (χ0) is 16.5. The molecule has 0 bridgehead atoms. The summed E-state index contributed by atoms with van der Waals surface area (Å²) in [5.41, 5.74) is 0. The summed E-state index contributed by atoms with van der Waals surface area (Å²) >= 11 is 0. The maximum Gasteiger partial charge on any atom is 0.305 e.